The smallest absolute Gasteiger partial charge is 0.319 e. The van der Waals surface area contributed by atoms with Gasteiger partial charge in [-0.25, -0.2) is 4.98 Å². The minimum atomic E-state index is -0.965. The second-order valence-electron chi connectivity index (χ2n) is 9.68. The molecule has 0 fully saturated rings. The highest BCUT2D eigenvalue weighted by molar-refractivity contribution is 8.01. The first-order valence-electron chi connectivity index (χ1n) is 12.7. The zero-order valence-electron chi connectivity index (χ0n) is 22.0. The summed E-state index contributed by atoms with van der Waals surface area (Å²) in [7, 11) is 0. The van der Waals surface area contributed by atoms with E-state index in [0.29, 0.717) is 28.8 Å². The molecule has 2 N–H and O–H groups in total. The second-order valence-corrected chi connectivity index (χ2v) is 11.4. The van der Waals surface area contributed by atoms with Crippen LogP contribution in [-0.2, 0) is 11.3 Å². The summed E-state index contributed by atoms with van der Waals surface area (Å²) in [5, 5.41) is 24.8. The van der Waals surface area contributed by atoms with Crippen molar-refractivity contribution in [3.8, 4) is 11.4 Å². The van der Waals surface area contributed by atoms with Crippen molar-refractivity contribution < 1.29 is 19.6 Å². The summed E-state index contributed by atoms with van der Waals surface area (Å²) in [6, 6.07) is 17.3. The van der Waals surface area contributed by atoms with Crippen LogP contribution >= 0.6 is 11.8 Å². The lowest BCUT2D eigenvalue weighted by Gasteiger charge is -2.18. The number of carboxylic acid groups (broad SMARTS) is 1. The number of amides is 1. The lowest BCUT2D eigenvalue weighted by molar-refractivity contribution is -0.383. The van der Waals surface area contributed by atoms with Crippen molar-refractivity contribution in [3.63, 3.8) is 0 Å². The maximum Gasteiger partial charge on any atom is 0.319 e. The van der Waals surface area contributed by atoms with Crippen LogP contribution in [-0.4, -0.2) is 36.2 Å². The molecule has 10 heteroatoms. The molecule has 0 unspecified atom stereocenters. The number of nitrogens with zero attached hydrogens (tertiary/aromatic N) is 3. The number of nitro benzene ring substituents is 1. The molecule has 0 aliphatic carbocycles. The quantitative estimate of drug-likeness (QED) is 0.0896. The van der Waals surface area contributed by atoms with Gasteiger partial charge >= 0.3 is 5.97 Å². The topological polar surface area (TPSA) is 127 Å². The molecule has 4 aromatic rings. The number of rotatable bonds is 11. The summed E-state index contributed by atoms with van der Waals surface area (Å²) in [6.45, 7) is 6.13. The molecule has 4 rings (SSSR count). The highest BCUT2D eigenvalue weighted by Crippen LogP contribution is 2.34. The number of carboxylic acids is 1. The van der Waals surface area contributed by atoms with Crippen LogP contribution in [0.25, 0.3) is 22.2 Å². The number of hydrogen-bond donors (Lipinski definition) is 2. The second kappa shape index (κ2) is 11.7. The number of aryl methyl sites for hydroxylation is 1. The molecule has 202 valence electrons. The zero-order valence-corrected chi connectivity index (χ0v) is 22.8. The molecule has 0 spiro atoms. The van der Waals surface area contributed by atoms with Crippen molar-refractivity contribution in [3.05, 3.63) is 82.7 Å². The average Bonchev–Trinajstić information content (AvgIpc) is 3.33. The standard InChI is InChI=1S/C29H30N4O5S/c1-4-5-8-17-32-18-24(30-26(32)19-11-13-20(14-12-19)39-29(2,3)28(35)36)27(34)31-23-15-16-25(33(37)38)22-10-7-6-9-21(22)23/h6-7,9-16,18H,4-5,8,17H2,1-3H3,(H,31,34)(H,35,36). The third-order valence-corrected chi connectivity index (χ3v) is 7.55. The van der Waals surface area contributed by atoms with Crippen molar-refractivity contribution in [1.82, 2.24) is 9.55 Å². The van der Waals surface area contributed by atoms with E-state index >= 15 is 0 Å². The Bertz CT molecular complexity index is 1530. The van der Waals surface area contributed by atoms with Gasteiger partial charge in [0.15, 0.2) is 0 Å². The predicted octanol–water partition coefficient (Wildman–Crippen LogP) is 7.01. The summed E-state index contributed by atoms with van der Waals surface area (Å²) in [5.41, 5.74) is 1.48. The Morgan fingerprint density at radius 2 is 1.74 bits per heavy atom. The van der Waals surface area contributed by atoms with Crippen molar-refractivity contribution in [2.45, 2.75) is 56.2 Å². The molecular weight excluding hydrogens is 516 g/mol. The maximum atomic E-state index is 13.3. The number of hydrogen-bond acceptors (Lipinski definition) is 6. The fourth-order valence-corrected chi connectivity index (χ4v) is 5.16. The van der Waals surface area contributed by atoms with Crippen LogP contribution in [0.4, 0.5) is 11.4 Å². The van der Waals surface area contributed by atoms with E-state index in [9.17, 15) is 24.8 Å². The first kappa shape index (κ1) is 27.8. The number of aliphatic carboxylic acids is 1. The number of thioether (sulfide) groups is 1. The van der Waals surface area contributed by atoms with Crippen molar-refractivity contribution >= 4 is 45.8 Å². The normalized spacial score (nSPS) is 11.5. The molecule has 0 saturated heterocycles. The summed E-state index contributed by atoms with van der Waals surface area (Å²) in [6.07, 6.45) is 4.74. The monoisotopic (exact) mass is 546 g/mol. The Morgan fingerprint density at radius 3 is 2.38 bits per heavy atom. The SMILES string of the molecule is CCCCCn1cc(C(=O)Nc2ccc([N+](=O)[O-])c3ccccc23)nc1-c1ccc(SC(C)(C)C(=O)O)cc1. The van der Waals surface area contributed by atoms with Crippen LogP contribution in [0.3, 0.4) is 0 Å². The molecule has 1 aromatic heterocycles. The third-order valence-electron chi connectivity index (χ3n) is 6.36. The molecular formula is C29H30N4O5S. The first-order chi connectivity index (χ1) is 18.6. The van der Waals surface area contributed by atoms with Crippen LogP contribution in [0.2, 0.25) is 0 Å². The van der Waals surface area contributed by atoms with Crippen LogP contribution in [0.1, 0.15) is 50.5 Å². The van der Waals surface area contributed by atoms with Gasteiger partial charge in [0.2, 0.25) is 0 Å². The van der Waals surface area contributed by atoms with E-state index in [4.69, 9.17) is 0 Å². The number of carbonyl (C=O) groups is 2. The number of nitrogens with one attached hydrogen (secondary N) is 1. The first-order valence-corrected chi connectivity index (χ1v) is 13.5. The van der Waals surface area contributed by atoms with Crippen LogP contribution < -0.4 is 5.32 Å². The highest BCUT2D eigenvalue weighted by Gasteiger charge is 2.28. The van der Waals surface area contributed by atoms with Crippen LogP contribution in [0.5, 0.6) is 0 Å². The van der Waals surface area contributed by atoms with E-state index < -0.39 is 21.5 Å². The van der Waals surface area contributed by atoms with Gasteiger partial charge in [0.25, 0.3) is 11.6 Å². The third kappa shape index (κ3) is 6.28. The van der Waals surface area contributed by atoms with Crippen LogP contribution in [0.15, 0.2) is 71.8 Å². The summed E-state index contributed by atoms with van der Waals surface area (Å²) in [5.74, 6) is -0.668. The number of benzene rings is 3. The summed E-state index contributed by atoms with van der Waals surface area (Å²) in [4.78, 5) is 41.3. The minimum absolute atomic E-state index is 0.0283. The van der Waals surface area contributed by atoms with Gasteiger partial charge in [0.05, 0.1) is 10.3 Å². The number of non-ortho nitro benzene ring substituents is 1. The van der Waals surface area contributed by atoms with Gasteiger partial charge in [-0.15, -0.1) is 11.8 Å². The Hall–Kier alpha value is -4.18. The zero-order chi connectivity index (χ0) is 28.2. The molecule has 1 amide bonds. The van der Waals surface area contributed by atoms with Gasteiger partial charge < -0.3 is 15.0 Å². The molecule has 1 heterocycles. The molecule has 0 aliphatic rings. The lowest BCUT2D eigenvalue weighted by Crippen LogP contribution is -2.26. The minimum Gasteiger partial charge on any atom is -0.480 e. The summed E-state index contributed by atoms with van der Waals surface area (Å²) >= 11 is 1.26. The van der Waals surface area contributed by atoms with Crippen molar-refractivity contribution in [1.29, 1.82) is 0 Å². The molecule has 0 aliphatic heterocycles. The maximum absolute atomic E-state index is 13.3. The van der Waals surface area contributed by atoms with Crippen LogP contribution in [0, 0.1) is 10.1 Å². The molecule has 39 heavy (non-hydrogen) atoms. The van der Waals surface area contributed by atoms with Gasteiger partial charge in [-0.05, 0) is 44.5 Å². The number of anilines is 1. The molecule has 3 aromatic carbocycles. The van der Waals surface area contributed by atoms with Gasteiger partial charge in [-0.1, -0.05) is 50.1 Å². The van der Waals surface area contributed by atoms with Crippen molar-refractivity contribution in [2.24, 2.45) is 0 Å². The van der Waals surface area contributed by atoms with E-state index in [-0.39, 0.29) is 11.4 Å². The number of imidazole rings is 1. The Morgan fingerprint density at radius 1 is 1.05 bits per heavy atom. The fraction of sp³-hybridized carbons (Fsp3) is 0.276. The van der Waals surface area contributed by atoms with E-state index in [1.165, 1.54) is 23.9 Å². The van der Waals surface area contributed by atoms with E-state index in [0.717, 1.165) is 29.7 Å². The van der Waals surface area contributed by atoms with E-state index in [1.807, 2.05) is 28.8 Å². The summed E-state index contributed by atoms with van der Waals surface area (Å²) < 4.78 is 0.995. The van der Waals surface area contributed by atoms with Gasteiger partial charge in [0, 0.05) is 40.3 Å². The number of nitro groups is 1. The predicted molar refractivity (Wildman–Crippen MR) is 153 cm³/mol. The van der Waals surface area contributed by atoms with E-state index in [2.05, 4.69) is 17.2 Å². The largest absolute Gasteiger partial charge is 0.480 e. The average molecular weight is 547 g/mol. The van der Waals surface area contributed by atoms with Gasteiger partial charge in [0.1, 0.15) is 16.3 Å². The van der Waals surface area contributed by atoms with Crippen molar-refractivity contribution in [2.75, 3.05) is 5.32 Å². The number of fused-ring (bicyclic) bond motifs is 1. The van der Waals surface area contributed by atoms with E-state index in [1.54, 1.807) is 44.3 Å². The molecule has 0 radical (unpaired) electrons. The van der Waals surface area contributed by atoms with Gasteiger partial charge in [-0.2, -0.15) is 0 Å². The highest BCUT2D eigenvalue weighted by atomic mass is 32.2. The molecule has 0 bridgehead atoms. The number of aromatic nitrogens is 2. The number of carbonyl (C=O) groups excluding carboxylic acids is 1. The Balaban J connectivity index is 1.64. The molecule has 0 atom stereocenters. The Labute approximate surface area is 230 Å². The fourth-order valence-electron chi connectivity index (χ4n) is 4.21. The lowest BCUT2D eigenvalue weighted by atomic mass is 10.1. The Kier molecular flexibility index (Phi) is 8.35. The van der Waals surface area contributed by atoms with Gasteiger partial charge in [-0.3, -0.25) is 19.7 Å². The number of unbranched alkanes of at least 4 members (excludes halogenated alkanes) is 2. The molecule has 9 nitrogen and oxygen atoms in total. The molecule has 0 saturated carbocycles.